The minimum absolute atomic E-state index is 0.0279. The average molecular weight is 530 g/mol. The van der Waals surface area contributed by atoms with Gasteiger partial charge in [0.25, 0.3) is 11.8 Å². The van der Waals surface area contributed by atoms with Gasteiger partial charge in [0, 0.05) is 46.7 Å². The molecule has 1 atom stereocenters. The number of carbonyl (C=O) groups excluding carboxylic acids is 1. The van der Waals surface area contributed by atoms with E-state index in [2.05, 4.69) is 25.6 Å². The Labute approximate surface area is 214 Å². The predicted molar refractivity (Wildman–Crippen MR) is 137 cm³/mol. The lowest BCUT2D eigenvalue weighted by Gasteiger charge is -2.32. The van der Waals surface area contributed by atoms with E-state index in [1.165, 1.54) is 16.2 Å². The second-order valence-electron chi connectivity index (χ2n) is 9.25. The van der Waals surface area contributed by atoms with Crippen molar-refractivity contribution in [1.82, 2.24) is 25.3 Å². The van der Waals surface area contributed by atoms with Gasteiger partial charge in [-0.1, -0.05) is 6.07 Å². The summed E-state index contributed by atoms with van der Waals surface area (Å²) in [5, 5.41) is 8.30. The van der Waals surface area contributed by atoms with Gasteiger partial charge in [-0.25, -0.2) is 13.8 Å². The van der Waals surface area contributed by atoms with Crippen LogP contribution in [0.3, 0.4) is 0 Å². The summed E-state index contributed by atoms with van der Waals surface area (Å²) in [5.74, 6) is -2.33. The van der Waals surface area contributed by atoms with Crippen LogP contribution in [-0.2, 0) is 6.42 Å². The number of hydrogen-bond acceptors (Lipinski definition) is 8. The number of benzene rings is 1. The Kier molecular flexibility index (Phi) is 5.64. The van der Waals surface area contributed by atoms with Gasteiger partial charge in [0.2, 0.25) is 11.2 Å². The first-order valence-corrected chi connectivity index (χ1v) is 12.9. The van der Waals surface area contributed by atoms with E-state index in [9.17, 15) is 13.6 Å². The molecule has 0 spiro atoms. The van der Waals surface area contributed by atoms with Crippen LogP contribution in [0.25, 0.3) is 21.0 Å². The maximum absolute atomic E-state index is 13.9. The number of fused-ring (bicyclic) bond motifs is 5. The summed E-state index contributed by atoms with van der Waals surface area (Å²) in [7, 11) is 0. The minimum Gasteiger partial charge on any atom is -0.381 e. The first-order chi connectivity index (χ1) is 17.3. The quantitative estimate of drug-likeness (QED) is 0.398. The summed E-state index contributed by atoms with van der Waals surface area (Å²) in [6.45, 7) is 2.60. The Bertz CT molecular complexity index is 1510. The maximum Gasteiger partial charge on any atom is 0.265 e. The molecule has 1 fully saturated rings. The van der Waals surface area contributed by atoms with Crippen LogP contribution in [0.2, 0.25) is 5.28 Å². The van der Waals surface area contributed by atoms with Crippen LogP contribution < -0.4 is 15.5 Å². The van der Waals surface area contributed by atoms with Crippen LogP contribution in [0.15, 0.2) is 24.3 Å². The molecule has 0 radical (unpaired) electrons. The highest BCUT2D eigenvalue weighted by molar-refractivity contribution is 7.21. The standard InChI is InChI=1S/C24H22ClF2N7OS/c1-12-10-28-19-18-14-4-3-13(30-15(14)5-6-16(18)36-20(19)21(35)29-12)9-17-31-22(25)33-23(32-17)34-8-2-7-24(26,27)11-34/h3-6,12,28H,2,7-11H2,1H3,(H,29,35)/t12-/m1/s1. The number of aromatic nitrogens is 4. The number of piperidine rings is 1. The SMILES string of the molecule is C[C@@H]1CNc2c(sc3ccc4nc(Cc5nc(Cl)nc(N6CCCC(F)(F)C6)n5)ccc4c23)C(=O)N1. The van der Waals surface area contributed by atoms with Gasteiger partial charge in [-0.3, -0.25) is 9.78 Å². The lowest BCUT2D eigenvalue weighted by Crippen LogP contribution is -2.43. The van der Waals surface area contributed by atoms with E-state index in [4.69, 9.17) is 16.6 Å². The first-order valence-electron chi connectivity index (χ1n) is 11.7. The molecule has 6 rings (SSSR count). The number of nitrogens with one attached hydrogen (secondary N) is 2. The molecule has 1 saturated heterocycles. The molecule has 2 aliphatic heterocycles. The third-order valence-corrected chi connectivity index (χ3v) is 7.73. The third-order valence-electron chi connectivity index (χ3n) is 6.41. The average Bonchev–Trinajstić information content (AvgIpc) is 3.14. The molecule has 0 unspecified atom stereocenters. The Morgan fingerprint density at radius 3 is 2.89 bits per heavy atom. The second kappa shape index (κ2) is 8.74. The lowest BCUT2D eigenvalue weighted by molar-refractivity contribution is -0.0121. The number of alkyl halides is 2. The number of halogens is 3. The number of thiophene rings is 1. The van der Waals surface area contributed by atoms with Crippen LogP contribution in [0.5, 0.6) is 0 Å². The van der Waals surface area contributed by atoms with E-state index < -0.39 is 12.5 Å². The molecule has 1 aromatic carbocycles. The van der Waals surface area contributed by atoms with Gasteiger partial charge in [-0.2, -0.15) is 9.97 Å². The minimum atomic E-state index is -2.78. The summed E-state index contributed by atoms with van der Waals surface area (Å²) in [4.78, 5) is 32.3. The Hall–Kier alpha value is -3.18. The number of pyridine rings is 1. The fourth-order valence-electron chi connectivity index (χ4n) is 4.76. The van der Waals surface area contributed by atoms with Crippen molar-refractivity contribution < 1.29 is 13.6 Å². The highest BCUT2D eigenvalue weighted by Crippen LogP contribution is 2.41. The van der Waals surface area contributed by atoms with Gasteiger partial charge in [-0.05, 0) is 43.1 Å². The highest BCUT2D eigenvalue weighted by atomic mass is 35.5. The molecule has 0 saturated carbocycles. The number of carbonyl (C=O) groups is 1. The van der Waals surface area contributed by atoms with Crippen molar-refractivity contribution in [3.05, 3.63) is 45.9 Å². The summed E-state index contributed by atoms with van der Waals surface area (Å²) in [5.41, 5.74) is 2.32. The van der Waals surface area contributed by atoms with Crippen molar-refractivity contribution in [2.75, 3.05) is 29.9 Å². The van der Waals surface area contributed by atoms with E-state index in [1.807, 2.05) is 31.2 Å². The van der Waals surface area contributed by atoms with Crippen molar-refractivity contribution in [3.63, 3.8) is 0 Å². The molecule has 0 bridgehead atoms. The van der Waals surface area contributed by atoms with Gasteiger partial charge in [-0.15, -0.1) is 11.3 Å². The smallest absolute Gasteiger partial charge is 0.265 e. The van der Waals surface area contributed by atoms with Gasteiger partial charge >= 0.3 is 0 Å². The summed E-state index contributed by atoms with van der Waals surface area (Å²) in [6, 6.07) is 7.80. The Balaban J connectivity index is 1.34. The van der Waals surface area contributed by atoms with Gasteiger partial charge in [0.1, 0.15) is 10.7 Å². The van der Waals surface area contributed by atoms with Crippen molar-refractivity contribution in [3.8, 4) is 0 Å². The van der Waals surface area contributed by atoms with Crippen LogP contribution in [0.4, 0.5) is 20.4 Å². The number of anilines is 2. The molecule has 2 aliphatic rings. The molecule has 4 aromatic rings. The molecule has 8 nitrogen and oxygen atoms in total. The monoisotopic (exact) mass is 529 g/mol. The predicted octanol–water partition coefficient (Wildman–Crippen LogP) is 4.66. The zero-order valence-electron chi connectivity index (χ0n) is 19.3. The Morgan fingerprint density at radius 1 is 1.19 bits per heavy atom. The van der Waals surface area contributed by atoms with E-state index in [-0.39, 0.29) is 36.0 Å². The van der Waals surface area contributed by atoms with Crippen LogP contribution in [0, 0.1) is 0 Å². The maximum atomic E-state index is 13.9. The first kappa shape index (κ1) is 23.2. The van der Waals surface area contributed by atoms with E-state index in [0.717, 1.165) is 26.7 Å². The molecule has 5 heterocycles. The molecule has 186 valence electrons. The van der Waals surface area contributed by atoms with Crippen LogP contribution >= 0.6 is 22.9 Å². The zero-order chi connectivity index (χ0) is 25.0. The fraction of sp³-hybridized carbons (Fsp3) is 0.375. The molecular weight excluding hydrogens is 508 g/mol. The molecule has 2 N–H and O–H groups in total. The third kappa shape index (κ3) is 4.30. The highest BCUT2D eigenvalue weighted by Gasteiger charge is 2.36. The molecule has 3 aromatic heterocycles. The van der Waals surface area contributed by atoms with Crippen molar-refractivity contribution in [1.29, 1.82) is 0 Å². The van der Waals surface area contributed by atoms with E-state index in [1.54, 1.807) is 0 Å². The summed E-state index contributed by atoms with van der Waals surface area (Å²) >= 11 is 7.58. The zero-order valence-corrected chi connectivity index (χ0v) is 20.9. The molecular formula is C24H22ClF2N7OS. The van der Waals surface area contributed by atoms with Crippen molar-refractivity contribution in [2.24, 2.45) is 0 Å². The van der Waals surface area contributed by atoms with E-state index in [0.29, 0.717) is 35.9 Å². The summed E-state index contributed by atoms with van der Waals surface area (Å²) < 4.78 is 28.8. The number of rotatable bonds is 3. The van der Waals surface area contributed by atoms with Gasteiger partial charge in [0.15, 0.2) is 0 Å². The fourth-order valence-corrected chi connectivity index (χ4v) is 6.04. The number of nitrogens with zero attached hydrogens (tertiary/aromatic N) is 5. The van der Waals surface area contributed by atoms with Gasteiger partial charge < -0.3 is 15.5 Å². The van der Waals surface area contributed by atoms with Crippen molar-refractivity contribution in [2.45, 2.75) is 38.2 Å². The second-order valence-corrected chi connectivity index (χ2v) is 10.6. The lowest BCUT2D eigenvalue weighted by atomic mass is 10.1. The van der Waals surface area contributed by atoms with Crippen LogP contribution in [0.1, 0.15) is 41.0 Å². The topological polar surface area (TPSA) is 95.9 Å². The van der Waals surface area contributed by atoms with Gasteiger partial charge in [0.05, 0.1) is 24.2 Å². The molecule has 12 heteroatoms. The number of amides is 1. The van der Waals surface area contributed by atoms with Crippen molar-refractivity contribution >= 4 is 61.5 Å². The molecule has 36 heavy (non-hydrogen) atoms. The normalized spacial score (nSPS) is 19.6. The number of hydrogen-bond donors (Lipinski definition) is 2. The summed E-state index contributed by atoms with van der Waals surface area (Å²) in [6.07, 6.45) is 0.484. The largest absolute Gasteiger partial charge is 0.381 e. The molecule has 1 amide bonds. The Morgan fingerprint density at radius 2 is 2.06 bits per heavy atom. The van der Waals surface area contributed by atoms with Crippen LogP contribution in [-0.4, -0.2) is 57.4 Å². The molecule has 0 aliphatic carbocycles. The van der Waals surface area contributed by atoms with E-state index >= 15 is 0 Å².